The van der Waals surface area contributed by atoms with Crippen molar-refractivity contribution >= 4 is 15.6 Å². The third kappa shape index (κ3) is 7.77. The van der Waals surface area contributed by atoms with Crippen LogP contribution in [0.5, 0.6) is 0 Å². The van der Waals surface area contributed by atoms with Gasteiger partial charge in [-0.2, -0.15) is 0 Å². The third-order valence-corrected chi connectivity index (χ3v) is 13.4. The second kappa shape index (κ2) is 12.8. The first kappa shape index (κ1) is 27.7. The standard InChI is InChI=1S/C25H34I2O4S/c1-6-10-26-24-12-17(3)13-25(27-11-7-2)23(24)14-20(29)16-32(30,31)21-9-8-18(4)22(15-21)19(5)28/h8-9,12-13,15,19,28H,6-7,10-11,14,16H2,1-5H3/q-2. The molecule has 2 rings (SSSR count). The molecule has 0 fully saturated rings. The molecule has 1 atom stereocenters. The van der Waals surface area contributed by atoms with E-state index in [1.807, 2.05) is 6.92 Å². The van der Waals surface area contributed by atoms with Gasteiger partial charge in [-0.25, -0.2) is 0 Å². The number of halogens is 2. The van der Waals surface area contributed by atoms with Crippen molar-refractivity contribution in [1.29, 1.82) is 0 Å². The summed E-state index contributed by atoms with van der Waals surface area (Å²) in [4.78, 5) is 13.1. The molecule has 2 aromatic carbocycles. The number of hydrogen-bond donors (Lipinski definition) is 1. The van der Waals surface area contributed by atoms with E-state index in [1.54, 1.807) is 13.0 Å². The molecule has 32 heavy (non-hydrogen) atoms. The molecule has 1 unspecified atom stereocenters. The number of ketones is 1. The zero-order valence-corrected chi connectivity index (χ0v) is 24.7. The molecule has 0 amide bonds. The quantitative estimate of drug-likeness (QED) is 0.214. The van der Waals surface area contributed by atoms with Gasteiger partial charge in [-0.05, 0) is 0 Å². The van der Waals surface area contributed by atoms with E-state index in [2.05, 4.69) is 32.9 Å². The number of alkyl halides is 2. The van der Waals surface area contributed by atoms with Gasteiger partial charge >= 0.3 is 216 Å². The average Bonchev–Trinajstić information content (AvgIpc) is 2.71. The fourth-order valence-electron chi connectivity index (χ4n) is 3.34. The summed E-state index contributed by atoms with van der Waals surface area (Å²) in [5.41, 5.74) is 3.77. The first-order valence-electron chi connectivity index (χ1n) is 10.9. The number of carbonyl (C=O) groups is 1. The van der Waals surface area contributed by atoms with Crippen molar-refractivity contribution in [2.45, 2.75) is 64.9 Å². The molecule has 7 heteroatoms. The maximum atomic E-state index is 13.0. The van der Waals surface area contributed by atoms with Gasteiger partial charge in [0.1, 0.15) is 0 Å². The van der Waals surface area contributed by atoms with Crippen molar-refractivity contribution in [3.63, 3.8) is 0 Å². The zero-order chi connectivity index (χ0) is 23.9. The van der Waals surface area contributed by atoms with E-state index in [0.29, 0.717) is 5.56 Å². The molecule has 0 bridgehead atoms. The molecule has 2 aromatic rings. The van der Waals surface area contributed by atoms with Gasteiger partial charge in [-0.3, -0.25) is 0 Å². The Morgan fingerprint density at radius 3 is 2.06 bits per heavy atom. The predicted molar refractivity (Wildman–Crippen MR) is 121 cm³/mol. The van der Waals surface area contributed by atoms with Crippen LogP contribution in [0.25, 0.3) is 0 Å². The van der Waals surface area contributed by atoms with Gasteiger partial charge in [0.25, 0.3) is 0 Å². The maximum absolute atomic E-state index is 13.0. The minimum absolute atomic E-state index is 0.105. The summed E-state index contributed by atoms with van der Waals surface area (Å²) in [6.07, 6.45) is 1.69. The Morgan fingerprint density at radius 1 is 1.00 bits per heavy atom. The summed E-state index contributed by atoms with van der Waals surface area (Å²) in [5.74, 6) is -0.753. The first-order valence-corrected chi connectivity index (χ1v) is 17.8. The molecular weight excluding hydrogens is 650 g/mol. The van der Waals surface area contributed by atoms with E-state index in [0.717, 1.165) is 24.0 Å². The number of aliphatic hydroxyl groups is 1. The van der Waals surface area contributed by atoms with Crippen LogP contribution in [0.3, 0.4) is 0 Å². The van der Waals surface area contributed by atoms with Crippen LogP contribution >= 0.6 is 0 Å². The van der Waals surface area contributed by atoms with Crippen molar-refractivity contribution in [1.82, 2.24) is 0 Å². The Balaban J connectivity index is 2.32. The van der Waals surface area contributed by atoms with Crippen molar-refractivity contribution in [3.05, 3.63) is 59.7 Å². The summed E-state index contributed by atoms with van der Waals surface area (Å²) in [6, 6.07) is 9.17. The van der Waals surface area contributed by atoms with Gasteiger partial charge in [0.15, 0.2) is 0 Å². The molecule has 1 N–H and O–H groups in total. The summed E-state index contributed by atoms with van der Waals surface area (Å²) in [6.45, 7) is 9.93. The normalized spacial score (nSPS) is 12.9. The molecule has 0 spiro atoms. The van der Waals surface area contributed by atoms with Crippen LogP contribution in [0.2, 0.25) is 0 Å². The number of rotatable bonds is 12. The topological polar surface area (TPSA) is 71.4 Å². The van der Waals surface area contributed by atoms with Crippen LogP contribution in [0.15, 0.2) is 35.2 Å². The molecule has 0 saturated carbocycles. The van der Waals surface area contributed by atoms with Gasteiger partial charge in [-0.15, -0.1) is 0 Å². The van der Waals surface area contributed by atoms with Crippen molar-refractivity contribution in [2.24, 2.45) is 0 Å². The molecule has 0 aliphatic heterocycles. The van der Waals surface area contributed by atoms with Gasteiger partial charge in [-0.1, -0.05) is 0 Å². The van der Waals surface area contributed by atoms with E-state index >= 15 is 0 Å². The molecule has 4 nitrogen and oxygen atoms in total. The second-order valence-electron chi connectivity index (χ2n) is 8.02. The van der Waals surface area contributed by atoms with Crippen molar-refractivity contribution in [2.75, 3.05) is 14.6 Å². The molecule has 0 heterocycles. The Labute approximate surface area is 214 Å². The minimum atomic E-state index is -3.76. The van der Waals surface area contributed by atoms with Crippen molar-refractivity contribution in [3.8, 4) is 0 Å². The molecule has 0 radical (unpaired) electrons. The van der Waals surface area contributed by atoms with Crippen LogP contribution < -0.4 is 42.4 Å². The first-order chi connectivity index (χ1) is 15.1. The number of benzene rings is 2. The number of carbonyl (C=O) groups excluding carboxylic acids is 1. The van der Waals surface area contributed by atoms with E-state index in [4.69, 9.17) is 0 Å². The Morgan fingerprint density at radius 2 is 1.56 bits per heavy atom. The Kier molecular flexibility index (Phi) is 11.1. The number of aryl methyl sites for hydroxylation is 2. The monoisotopic (exact) mass is 684 g/mol. The van der Waals surface area contributed by atoms with E-state index < -0.39 is 21.7 Å². The number of Topliss-reactive ketones (excluding diaryl/α,β-unsaturated/α-hetero) is 1. The summed E-state index contributed by atoms with van der Waals surface area (Å²) in [7, 11) is -3.76. The van der Waals surface area contributed by atoms with Crippen LogP contribution in [-0.4, -0.2) is 33.9 Å². The molecule has 0 saturated heterocycles. The van der Waals surface area contributed by atoms with Crippen LogP contribution in [-0.2, 0) is 21.1 Å². The van der Waals surface area contributed by atoms with Gasteiger partial charge in [0.2, 0.25) is 0 Å². The average molecular weight is 684 g/mol. The Hall–Kier alpha value is -0.520. The Bertz CT molecular complexity index is 1020. The van der Waals surface area contributed by atoms with Gasteiger partial charge in [0, 0.05) is 0 Å². The second-order valence-corrected chi connectivity index (χ2v) is 16.0. The fraction of sp³-hybridized carbons (Fsp3) is 0.480. The predicted octanol–water partition coefficient (Wildman–Crippen LogP) is -1.72. The molecular formula is C25H34I2O4S-2. The van der Waals surface area contributed by atoms with Crippen LogP contribution in [0.1, 0.15) is 62.0 Å². The van der Waals surface area contributed by atoms with E-state index in [9.17, 15) is 18.3 Å². The number of aliphatic hydroxyl groups excluding tert-OH is 1. The number of hydrogen-bond acceptors (Lipinski definition) is 4. The molecule has 0 aromatic heterocycles. The zero-order valence-electron chi connectivity index (χ0n) is 19.5. The summed E-state index contributed by atoms with van der Waals surface area (Å²) >= 11 is -0.365. The van der Waals surface area contributed by atoms with Gasteiger partial charge < -0.3 is 0 Å². The SMILES string of the molecule is CCC[I-]c1cc(C)cc([I-]CCC)c1CC(=O)CS(=O)(=O)c1ccc(C)c(C(C)O)c1. The molecule has 180 valence electrons. The van der Waals surface area contributed by atoms with E-state index in [-0.39, 0.29) is 59.5 Å². The summed E-state index contributed by atoms with van der Waals surface area (Å²) in [5, 5.41) is 9.94. The molecule has 0 aliphatic carbocycles. The van der Waals surface area contributed by atoms with E-state index in [1.165, 1.54) is 33.7 Å². The van der Waals surface area contributed by atoms with Crippen LogP contribution in [0, 0.1) is 21.0 Å². The molecule has 0 aliphatic rings. The number of sulfone groups is 1. The third-order valence-electron chi connectivity index (χ3n) is 4.93. The van der Waals surface area contributed by atoms with Crippen LogP contribution in [0.4, 0.5) is 0 Å². The van der Waals surface area contributed by atoms with Gasteiger partial charge in [0.05, 0.1) is 0 Å². The van der Waals surface area contributed by atoms with Crippen molar-refractivity contribution < 1.29 is 60.7 Å². The summed E-state index contributed by atoms with van der Waals surface area (Å²) < 4.78 is 31.0. The fourth-order valence-corrected chi connectivity index (χ4v) is 10.7.